The van der Waals surface area contributed by atoms with Crippen LogP contribution < -0.4 is 0 Å². The number of hydrogen-bond acceptors (Lipinski definition) is 3. The number of nitrogens with zero attached hydrogens (tertiary/aromatic N) is 3. The standard InChI is InChI=1S/C11H19N3O/c1-4-15-7-10-12-11-6-5-9(8(2)3)14(11)13-10/h8-9H,4-7H2,1-3H3. The highest BCUT2D eigenvalue weighted by Crippen LogP contribution is 2.29. The molecule has 1 aliphatic rings. The molecule has 1 unspecified atom stereocenters. The number of hydrogen-bond donors (Lipinski definition) is 0. The first kappa shape index (κ1) is 10.6. The van der Waals surface area contributed by atoms with E-state index >= 15 is 0 Å². The Hall–Kier alpha value is -0.900. The molecule has 1 aromatic rings. The molecule has 0 bridgehead atoms. The average Bonchev–Trinajstić information content (AvgIpc) is 2.72. The van der Waals surface area contributed by atoms with E-state index in [1.807, 2.05) is 6.92 Å². The Morgan fingerprint density at radius 1 is 1.53 bits per heavy atom. The molecular weight excluding hydrogens is 190 g/mol. The largest absolute Gasteiger partial charge is 0.374 e. The van der Waals surface area contributed by atoms with Crippen molar-refractivity contribution in [2.45, 2.75) is 46.3 Å². The van der Waals surface area contributed by atoms with Crippen molar-refractivity contribution in [3.8, 4) is 0 Å². The molecule has 4 nitrogen and oxygen atoms in total. The van der Waals surface area contributed by atoms with Gasteiger partial charge in [0.15, 0.2) is 5.82 Å². The third-order valence-corrected chi connectivity index (χ3v) is 2.93. The summed E-state index contributed by atoms with van der Waals surface area (Å²) >= 11 is 0. The topological polar surface area (TPSA) is 39.9 Å². The van der Waals surface area contributed by atoms with Crippen molar-refractivity contribution in [2.24, 2.45) is 5.92 Å². The van der Waals surface area contributed by atoms with Crippen molar-refractivity contribution < 1.29 is 4.74 Å². The third kappa shape index (κ3) is 2.04. The van der Waals surface area contributed by atoms with Gasteiger partial charge in [-0.05, 0) is 19.3 Å². The van der Waals surface area contributed by atoms with Crippen LogP contribution in [0.5, 0.6) is 0 Å². The van der Waals surface area contributed by atoms with Crippen molar-refractivity contribution in [1.82, 2.24) is 14.8 Å². The molecule has 0 spiro atoms. The van der Waals surface area contributed by atoms with Crippen molar-refractivity contribution in [1.29, 1.82) is 0 Å². The van der Waals surface area contributed by atoms with E-state index in [1.54, 1.807) is 0 Å². The SMILES string of the molecule is CCOCc1nc2n(n1)C(C(C)C)CC2. The van der Waals surface area contributed by atoms with Gasteiger partial charge in [-0.15, -0.1) is 0 Å². The molecule has 1 atom stereocenters. The van der Waals surface area contributed by atoms with Crippen LogP contribution in [0.1, 0.15) is 44.9 Å². The molecule has 0 N–H and O–H groups in total. The first-order valence-electron chi connectivity index (χ1n) is 5.74. The van der Waals surface area contributed by atoms with E-state index < -0.39 is 0 Å². The summed E-state index contributed by atoms with van der Waals surface area (Å²) in [5, 5.41) is 4.51. The molecule has 4 heteroatoms. The van der Waals surface area contributed by atoms with Crippen LogP contribution in [0.4, 0.5) is 0 Å². The fourth-order valence-corrected chi connectivity index (χ4v) is 2.11. The molecule has 0 fully saturated rings. The molecule has 0 saturated carbocycles. The number of rotatable bonds is 4. The van der Waals surface area contributed by atoms with Gasteiger partial charge in [0.1, 0.15) is 12.4 Å². The average molecular weight is 209 g/mol. The lowest BCUT2D eigenvalue weighted by atomic mass is 10.0. The highest BCUT2D eigenvalue weighted by atomic mass is 16.5. The molecule has 0 amide bonds. The van der Waals surface area contributed by atoms with Gasteiger partial charge < -0.3 is 4.74 Å². The Morgan fingerprint density at radius 3 is 3.00 bits per heavy atom. The lowest BCUT2D eigenvalue weighted by Gasteiger charge is -2.14. The lowest BCUT2D eigenvalue weighted by Crippen LogP contribution is -2.12. The van der Waals surface area contributed by atoms with Gasteiger partial charge in [0, 0.05) is 13.0 Å². The fourth-order valence-electron chi connectivity index (χ4n) is 2.11. The molecule has 0 radical (unpaired) electrons. The van der Waals surface area contributed by atoms with E-state index in [-0.39, 0.29) is 0 Å². The Balaban J connectivity index is 2.11. The van der Waals surface area contributed by atoms with Gasteiger partial charge in [-0.1, -0.05) is 13.8 Å². The van der Waals surface area contributed by atoms with Crippen LogP contribution in [-0.2, 0) is 17.8 Å². The zero-order chi connectivity index (χ0) is 10.8. The molecule has 15 heavy (non-hydrogen) atoms. The molecular formula is C11H19N3O. The van der Waals surface area contributed by atoms with Crippen LogP contribution in [-0.4, -0.2) is 21.4 Å². The lowest BCUT2D eigenvalue weighted by molar-refractivity contribution is 0.127. The quantitative estimate of drug-likeness (QED) is 0.761. The minimum Gasteiger partial charge on any atom is -0.374 e. The van der Waals surface area contributed by atoms with Gasteiger partial charge in [-0.2, -0.15) is 5.10 Å². The molecule has 84 valence electrons. The Bertz CT molecular complexity index is 333. The molecule has 1 aliphatic heterocycles. The van der Waals surface area contributed by atoms with Gasteiger partial charge >= 0.3 is 0 Å². The van der Waals surface area contributed by atoms with Crippen LogP contribution in [0, 0.1) is 5.92 Å². The number of fused-ring (bicyclic) bond motifs is 1. The number of aryl methyl sites for hydroxylation is 1. The van der Waals surface area contributed by atoms with Gasteiger partial charge in [0.25, 0.3) is 0 Å². The highest BCUT2D eigenvalue weighted by molar-refractivity contribution is 5.00. The van der Waals surface area contributed by atoms with Gasteiger partial charge in [-0.25, -0.2) is 9.67 Å². The maximum absolute atomic E-state index is 5.31. The predicted octanol–water partition coefficient (Wildman–Crippen LogP) is 1.96. The van der Waals surface area contributed by atoms with Crippen LogP contribution >= 0.6 is 0 Å². The van der Waals surface area contributed by atoms with Crippen LogP contribution in [0.3, 0.4) is 0 Å². The van der Waals surface area contributed by atoms with Crippen molar-refractivity contribution in [2.75, 3.05) is 6.61 Å². The van der Waals surface area contributed by atoms with Gasteiger partial charge in [0.05, 0.1) is 6.04 Å². The second-order valence-corrected chi connectivity index (χ2v) is 4.38. The summed E-state index contributed by atoms with van der Waals surface area (Å²) in [4.78, 5) is 4.49. The fraction of sp³-hybridized carbons (Fsp3) is 0.818. The maximum atomic E-state index is 5.31. The minimum atomic E-state index is 0.530. The van der Waals surface area contributed by atoms with Crippen molar-refractivity contribution in [3.05, 3.63) is 11.6 Å². The molecule has 2 heterocycles. The molecule has 0 aromatic carbocycles. The number of ether oxygens (including phenoxy) is 1. The Labute approximate surface area is 90.7 Å². The Kier molecular flexibility index (Phi) is 3.05. The van der Waals surface area contributed by atoms with Crippen LogP contribution in [0.2, 0.25) is 0 Å². The molecule has 2 rings (SSSR count). The summed E-state index contributed by atoms with van der Waals surface area (Å²) in [6, 6.07) is 0.530. The van der Waals surface area contributed by atoms with E-state index in [0.29, 0.717) is 18.6 Å². The summed E-state index contributed by atoms with van der Waals surface area (Å²) in [5.74, 6) is 2.59. The minimum absolute atomic E-state index is 0.530. The Morgan fingerprint density at radius 2 is 2.33 bits per heavy atom. The molecule has 0 saturated heterocycles. The first-order valence-corrected chi connectivity index (χ1v) is 5.74. The van der Waals surface area contributed by atoms with Gasteiger partial charge in [-0.3, -0.25) is 0 Å². The number of aromatic nitrogens is 3. The maximum Gasteiger partial charge on any atom is 0.176 e. The summed E-state index contributed by atoms with van der Waals surface area (Å²) in [6.45, 7) is 7.73. The van der Waals surface area contributed by atoms with Crippen molar-refractivity contribution in [3.63, 3.8) is 0 Å². The molecule has 0 aliphatic carbocycles. The highest BCUT2D eigenvalue weighted by Gasteiger charge is 2.27. The normalized spacial score (nSPS) is 19.9. The van der Waals surface area contributed by atoms with E-state index in [4.69, 9.17) is 4.74 Å². The monoisotopic (exact) mass is 209 g/mol. The predicted molar refractivity (Wildman–Crippen MR) is 57.5 cm³/mol. The second kappa shape index (κ2) is 4.31. The summed E-state index contributed by atoms with van der Waals surface area (Å²) < 4.78 is 7.41. The van der Waals surface area contributed by atoms with Crippen LogP contribution in [0.25, 0.3) is 0 Å². The zero-order valence-corrected chi connectivity index (χ0v) is 9.73. The first-order chi connectivity index (χ1) is 7.22. The zero-order valence-electron chi connectivity index (χ0n) is 9.73. The van der Waals surface area contributed by atoms with Crippen molar-refractivity contribution >= 4 is 0 Å². The summed E-state index contributed by atoms with van der Waals surface area (Å²) in [6.07, 6.45) is 2.24. The summed E-state index contributed by atoms with van der Waals surface area (Å²) in [7, 11) is 0. The van der Waals surface area contributed by atoms with Gasteiger partial charge in [0.2, 0.25) is 0 Å². The van der Waals surface area contributed by atoms with E-state index in [0.717, 1.165) is 24.7 Å². The van der Waals surface area contributed by atoms with E-state index in [2.05, 4.69) is 28.6 Å². The van der Waals surface area contributed by atoms with Crippen LogP contribution in [0.15, 0.2) is 0 Å². The smallest absolute Gasteiger partial charge is 0.176 e. The molecule has 1 aromatic heterocycles. The second-order valence-electron chi connectivity index (χ2n) is 4.38. The third-order valence-electron chi connectivity index (χ3n) is 2.93. The van der Waals surface area contributed by atoms with E-state index in [9.17, 15) is 0 Å². The van der Waals surface area contributed by atoms with E-state index in [1.165, 1.54) is 6.42 Å². The summed E-state index contributed by atoms with van der Waals surface area (Å²) in [5.41, 5.74) is 0.